The van der Waals surface area contributed by atoms with Crippen molar-refractivity contribution in [3.8, 4) is 5.75 Å². The molecule has 0 unspecified atom stereocenters. The minimum atomic E-state index is -1.43. The standard InChI is InChI=1S/C24H34N4O7/c1-14(2)21-23(32)26-15(3)13-35-18-9-5-4-8-16(18)22(31)27-17(24(33)34)12-20(30)25-11-7-6-10-19(29)28-21/h4-5,8-9,14-15,17,21H,6-7,10-13H2,1-3H3,(H,25,30)(H,26,32)(H,27,31)(H,28,29)(H,33,34)/t15-,17-,21+/m0/s1. The number of para-hydroxylation sites is 1. The van der Waals surface area contributed by atoms with Crippen molar-refractivity contribution in [2.24, 2.45) is 5.92 Å². The van der Waals surface area contributed by atoms with Crippen molar-refractivity contribution in [3.63, 3.8) is 0 Å². The molecule has 0 saturated carbocycles. The second-order valence-corrected chi connectivity index (χ2v) is 8.88. The molecular weight excluding hydrogens is 456 g/mol. The number of ether oxygens (including phenoxy) is 1. The zero-order valence-corrected chi connectivity index (χ0v) is 20.3. The maximum Gasteiger partial charge on any atom is 0.326 e. The van der Waals surface area contributed by atoms with E-state index < -0.39 is 42.3 Å². The van der Waals surface area contributed by atoms with Gasteiger partial charge in [0.25, 0.3) is 5.91 Å². The molecule has 0 saturated heterocycles. The van der Waals surface area contributed by atoms with E-state index in [0.29, 0.717) is 12.8 Å². The van der Waals surface area contributed by atoms with E-state index in [-0.39, 0.29) is 48.6 Å². The lowest BCUT2D eigenvalue weighted by Gasteiger charge is -2.24. The molecule has 192 valence electrons. The summed E-state index contributed by atoms with van der Waals surface area (Å²) in [6.45, 7) is 5.66. The van der Waals surface area contributed by atoms with Gasteiger partial charge in [0.1, 0.15) is 24.4 Å². The molecule has 3 atom stereocenters. The largest absolute Gasteiger partial charge is 0.491 e. The van der Waals surface area contributed by atoms with Crippen molar-refractivity contribution in [2.45, 2.75) is 64.6 Å². The summed E-state index contributed by atoms with van der Waals surface area (Å²) in [5.74, 6) is -3.14. The Bertz CT molecular complexity index is 934. The summed E-state index contributed by atoms with van der Waals surface area (Å²) in [4.78, 5) is 61.7. The van der Waals surface area contributed by atoms with Crippen LogP contribution in [0.25, 0.3) is 0 Å². The zero-order valence-electron chi connectivity index (χ0n) is 20.3. The molecule has 0 spiro atoms. The van der Waals surface area contributed by atoms with E-state index in [4.69, 9.17) is 4.74 Å². The predicted octanol–water partition coefficient (Wildman–Crippen LogP) is 0.584. The van der Waals surface area contributed by atoms with E-state index in [0.717, 1.165) is 0 Å². The first-order chi connectivity index (χ1) is 16.6. The average molecular weight is 491 g/mol. The number of benzene rings is 1. The van der Waals surface area contributed by atoms with E-state index in [9.17, 15) is 29.1 Å². The summed E-state index contributed by atoms with van der Waals surface area (Å²) in [5, 5.41) is 20.0. The molecule has 35 heavy (non-hydrogen) atoms. The average Bonchev–Trinajstić information content (AvgIpc) is 2.79. The molecule has 0 aliphatic carbocycles. The Morgan fingerprint density at radius 3 is 2.43 bits per heavy atom. The van der Waals surface area contributed by atoms with Gasteiger partial charge in [-0.3, -0.25) is 19.2 Å². The summed E-state index contributed by atoms with van der Waals surface area (Å²) in [5.41, 5.74) is 0.0967. The van der Waals surface area contributed by atoms with E-state index in [1.807, 2.05) is 13.8 Å². The molecule has 5 N–H and O–H groups in total. The van der Waals surface area contributed by atoms with Gasteiger partial charge < -0.3 is 31.1 Å². The number of carbonyl (C=O) groups excluding carboxylic acids is 4. The van der Waals surface area contributed by atoms with Crippen molar-refractivity contribution in [1.29, 1.82) is 0 Å². The molecule has 11 nitrogen and oxygen atoms in total. The molecule has 0 aromatic heterocycles. The third-order valence-corrected chi connectivity index (χ3v) is 5.42. The predicted molar refractivity (Wildman–Crippen MR) is 127 cm³/mol. The zero-order chi connectivity index (χ0) is 26.0. The van der Waals surface area contributed by atoms with Crippen molar-refractivity contribution in [2.75, 3.05) is 13.2 Å². The molecule has 0 radical (unpaired) electrons. The number of hydrogen-bond donors (Lipinski definition) is 5. The number of carboxylic acid groups (broad SMARTS) is 1. The first kappa shape index (κ1) is 27.6. The van der Waals surface area contributed by atoms with Gasteiger partial charge in [-0.25, -0.2) is 4.79 Å². The van der Waals surface area contributed by atoms with Crippen LogP contribution in [-0.4, -0.2) is 66.0 Å². The fraction of sp³-hybridized carbons (Fsp3) is 0.542. The molecule has 0 bridgehead atoms. The van der Waals surface area contributed by atoms with Crippen LogP contribution in [0.4, 0.5) is 0 Å². The van der Waals surface area contributed by atoms with Crippen LogP contribution in [0.5, 0.6) is 5.75 Å². The molecule has 1 aromatic carbocycles. The molecular formula is C24H34N4O7. The lowest BCUT2D eigenvalue weighted by Crippen LogP contribution is -2.52. The van der Waals surface area contributed by atoms with Crippen LogP contribution >= 0.6 is 0 Å². The van der Waals surface area contributed by atoms with Crippen LogP contribution in [-0.2, 0) is 19.2 Å². The Morgan fingerprint density at radius 1 is 1.03 bits per heavy atom. The Morgan fingerprint density at radius 2 is 1.74 bits per heavy atom. The Balaban J connectivity index is 2.23. The summed E-state index contributed by atoms with van der Waals surface area (Å²) >= 11 is 0. The molecule has 1 heterocycles. The van der Waals surface area contributed by atoms with Gasteiger partial charge in [0, 0.05) is 13.0 Å². The highest BCUT2D eigenvalue weighted by Gasteiger charge is 2.27. The SMILES string of the molecule is CC(C)[C@H]1NC(=O)CCCCNC(=O)C[C@@H](C(=O)O)NC(=O)c2ccccc2OC[C@H](C)NC1=O. The maximum atomic E-state index is 12.8. The first-order valence-electron chi connectivity index (χ1n) is 11.7. The van der Waals surface area contributed by atoms with Crippen LogP contribution in [0, 0.1) is 5.92 Å². The van der Waals surface area contributed by atoms with E-state index in [2.05, 4.69) is 21.3 Å². The van der Waals surface area contributed by atoms with Gasteiger partial charge >= 0.3 is 5.97 Å². The topological polar surface area (TPSA) is 163 Å². The monoisotopic (exact) mass is 490 g/mol. The number of aliphatic carboxylic acids is 1. The lowest BCUT2D eigenvalue weighted by atomic mass is 10.0. The van der Waals surface area contributed by atoms with Gasteiger partial charge in [0.05, 0.1) is 18.0 Å². The van der Waals surface area contributed by atoms with Crippen LogP contribution in [0.1, 0.15) is 56.8 Å². The van der Waals surface area contributed by atoms with Crippen LogP contribution in [0.2, 0.25) is 0 Å². The number of fused-ring (bicyclic) bond motifs is 1. The normalized spacial score (nSPS) is 23.6. The Labute approximate surface area is 204 Å². The first-order valence-corrected chi connectivity index (χ1v) is 11.7. The highest BCUT2D eigenvalue weighted by atomic mass is 16.5. The van der Waals surface area contributed by atoms with Gasteiger partial charge in [-0.15, -0.1) is 0 Å². The van der Waals surface area contributed by atoms with E-state index in [1.165, 1.54) is 6.07 Å². The molecule has 1 aliphatic heterocycles. The number of amides is 4. The molecule has 4 amide bonds. The molecule has 2 rings (SSSR count). The van der Waals surface area contributed by atoms with Gasteiger partial charge in [-0.05, 0) is 37.8 Å². The van der Waals surface area contributed by atoms with Crippen molar-refractivity contribution >= 4 is 29.6 Å². The van der Waals surface area contributed by atoms with E-state index in [1.54, 1.807) is 25.1 Å². The number of hydrogen-bond acceptors (Lipinski definition) is 6. The minimum Gasteiger partial charge on any atom is -0.491 e. The van der Waals surface area contributed by atoms with Crippen molar-refractivity contribution in [3.05, 3.63) is 29.8 Å². The summed E-state index contributed by atoms with van der Waals surface area (Å²) < 4.78 is 5.74. The molecule has 0 fully saturated rings. The third kappa shape index (κ3) is 8.91. The molecule has 11 heteroatoms. The van der Waals surface area contributed by atoms with Gasteiger partial charge in [-0.1, -0.05) is 26.0 Å². The smallest absolute Gasteiger partial charge is 0.326 e. The van der Waals surface area contributed by atoms with Gasteiger partial charge in [0.15, 0.2) is 0 Å². The van der Waals surface area contributed by atoms with Gasteiger partial charge in [0.2, 0.25) is 17.7 Å². The van der Waals surface area contributed by atoms with Crippen LogP contribution in [0.3, 0.4) is 0 Å². The van der Waals surface area contributed by atoms with Crippen LogP contribution < -0.4 is 26.0 Å². The summed E-state index contributed by atoms with van der Waals surface area (Å²) in [6.07, 6.45) is 0.696. The number of carbonyl (C=O) groups is 5. The highest BCUT2D eigenvalue weighted by molar-refractivity contribution is 5.99. The fourth-order valence-electron chi connectivity index (χ4n) is 3.48. The van der Waals surface area contributed by atoms with E-state index >= 15 is 0 Å². The quantitative estimate of drug-likeness (QED) is 0.405. The van der Waals surface area contributed by atoms with Crippen molar-refractivity contribution < 1.29 is 33.8 Å². The molecule has 1 aliphatic rings. The fourth-order valence-corrected chi connectivity index (χ4v) is 3.48. The van der Waals surface area contributed by atoms with Crippen molar-refractivity contribution in [1.82, 2.24) is 21.3 Å². The third-order valence-electron chi connectivity index (χ3n) is 5.42. The maximum absolute atomic E-state index is 12.8. The molecule has 1 aromatic rings. The Kier molecular flexibility index (Phi) is 10.5. The Hall–Kier alpha value is -3.63. The number of rotatable bonds is 2. The summed E-state index contributed by atoms with van der Waals surface area (Å²) in [6, 6.07) is 3.68. The van der Waals surface area contributed by atoms with Gasteiger partial charge in [-0.2, -0.15) is 0 Å². The number of nitrogens with one attached hydrogen (secondary N) is 4. The lowest BCUT2D eigenvalue weighted by molar-refractivity contribution is -0.141. The second kappa shape index (κ2) is 13.3. The second-order valence-electron chi connectivity index (χ2n) is 8.88. The highest BCUT2D eigenvalue weighted by Crippen LogP contribution is 2.18. The minimum absolute atomic E-state index is 0.0273. The van der Waals surface area contributed by atoms with Crippen LogP contribution in [0.15, 0.2) is 24.3 Å². The number of carboxylic acids is 1. The summed E-state index contributed by atoms with van der Waals surface area (Å²) in [7, 11) is 0.